The van der Waals surface area contributed by atoms with Crippen LogP contribution in [0.2, 0.25) is 5.28 Å². The Morgan fingerprint density at radius 3 is 2.59 bits per heavy atom. The molecule has 0 spiro atoms. The van der Waals surface area contributed by atoms with Gasteiger partial charge in [0.05, 0.1) is 7.11 Å². The van der Waals surface area contributed by atoms with Crippen molar-refractivity contribution in [2.24, 2.45) is 0 Å². The molecule has 0 bridgehead atoms. The van der Waals surface area contributed by atoms with E-state index >= 15 is 0 Å². The number of aromatic nitrogens is 2. The van der Waals surface area contributed by atoms with Crippen LogP contribution in [0.1, 0.15) is 5.56 Å². The minimum Gasteiger partial charge on any atom is -0.493 e. The van der Waals surface area contributed by atoms with Gasteiger partial charge in [0, 0.05) is 11.8 Å². The maximum absolute atomic E-state index is 5.72. The summed E-state index contributed by atoms with van der Waals surface area (Å²) in [4.78, 5) is 7.89. The zero-order chi connectivity index (χ0) is 12.3. The molecule has 0 atom stereocenters. The molecule has 0 amide bonds. The van der Waals surface area contributed by atoms with Crippen LogP contribution in [0.5, 0.6) is 17.4 Å². The van der Waals surface area contributed by atoms with Gasteiger partial charge in [0.25, 0.3) is 0 Å². The first-order valence-electron chi connectivity index (χ1n) is 5.00. The van der Waals surface area contributed by atoms with E-state index in [0.717, 1.165) is 5.56 Å². The summed E-state index contributed by atoms with van der Waals surface area (Å²) in [6.45, 7) is 1.85. The second-order valence-corrected chi connectivity index (χ2v) is 3.72. The van der Waals surface area contributed by atoms with Crippen molar-refractivity contribution in [3.8, 4) is 17.4 Å². The first-order chi connectivity index (χ1) is 8.20. The molecule has 5 heteroatoms. The fourth-order valence-electron chi connectivity index (χ4n) is 1.32. The molecule has 0 aliphatic carbocycles. The third-order valence-electron chi connectivity index (χ3n) is 2.17. The van der Waals surface area contributed by atoms with Crippen molar-refractivity contribution in [3.05, 3.63) is 41.3 Å². The quantitative estimate of drug-likeness (QED) is 0.785. The average Bonchev–Trinajstić information content (AvgIpc) is 2.34. The van der Waals surface area contributed by atoms with E-state index in [4.69, 9.17) is 21.1 Å². The summed E-state index contributed by atoms with van der Waals surface area (Å²) in [6.07, 6.45) is 1.61. The minimum atomic E-state index is 0.153. The lowest BCUT2D eigenvalue weighted by molar-refractivity contribution is 0.373. The van der Waals surface area contributed by atoms with Crippen molar-refractivity contribution in [1.29, 1.82) is 0 Å². The Morgan fingerprint density at radius 2 is 1.88 bits per heavy atom. The lowest BCUT2D eigenvalue weighted by atomic mass is 10.3. The molecule has 2 aromatic rings. The number of aryl methyl sites for hydroxylation is 1. The van der Waals surface area contributed by atoms with Gasteiger partial charge in [-0.3, -0.25) is 0 Å². The lowest BCUT2D eigenvalue weighted by Gasteiger charge is -2.10. The zero-order valence-electron chi connectivity index (χ0n) is 9.48. The van der Waals surface area contributed by atoms with E-state index in [0.29, 0.717) is 17.4 Å². The van der Waals surface area contributed by atoms with E-state index in [1.807, 2.05) is 25.1 Å². The monoisotopic (exact) mass is 250 g/mol. The van der Waals surface area contributed by atoms with Crippen molar-refractivity contribution in [3.63, 3.8) is 0 Å². The van der Waals surface area contributed by atoms with Gasteiger partial charge in [-0.2, -0.15) is 4.98 Å². The van der Waals surface area contributed by atoms with Gasteiger partial charge in [0.15, 0.2) is 11.5 Å². The Morgan fingerprint density at radius 1 is 1.18 bits per heavy atom. The summed E-state index contributed by atoms with van der Waals surface area (Å²) in [7, 11) is 1.59. The number of halogens is 1. The number of ether oxygens (including phenoxy) is 2. The van der Waals surface area contributed by atoms with Crippen molar-refractivity contribution in [2.75, 3.05) is 7.11 Å². The number of para-hydroxylation sites is 2. The molecule has 4 nitrogen and oxygen atoms in total. The molecule has 0 aliphatic rings. The summed E-state index contributed by atoms with van der Waals surface area (Å²) in [5.41, 5.74) is 0.806. The van der Waals surface area contributed by atoms with Gasteiger partial charge in [-0.15, -0.1) is 0 Å². The van der Waals surface area contributed by atoms with Crippen LogP contribution in [0, 0.1) is 6.92 Å². The van der Waals surface area contributed by atoms with E-state index in [9.17, 15) is 0 Å². The molecule has 0 N–H and O–H groups in total. The highest BCUT2D eigenvalue weighted by molar-refractivity contribution is 6.28. The molecule has 0 aliphatic heterocycles. The first-order valence-corrected chi connectivity index (χ1v) is 5.38. The summed E-state index contributed by atoms with van der Waals surface area (Å²) < 4.78 is 10.8. The molecule has 1 aromatic carbocycles. The van der Waals surface area contributed by atoms with Crippen LogP contribution in [0.15, 0.2) is 30.5 Å². The molecule has 17 heavy (non-hydrogen) atoms. The number of hydrogen-bond acceptors (Lipinski definition) is 4. The largest absolute Gasteiger partial charge is 0.493 e. The summed E-state index contributed by atoms with van der Waals surface area (Å²) in [5.74, 6) is 1.66. The Labute approximate surface area is 104 Å². The van der Waals surface area contributed by atoms with Crippen LogP contribution >= 0.6 is 11.6 Å². The molecular weight excluding hydrogens is 240 g/mol. The van der Waals surface area contributed by atoms with Crippen LogP contribution in [0.3, 0.4) is 0 Å². The Bertz CT molecular complexity index is 532. The van der Waals surface area contributed by atoms with Crippen molar-refractivity contribution in [1.82, 2.24) is 9.97 Å². The van der Waals surface area contributed by atoms with Gasteiger partial charge >= 0.3 is 0 Å². The molecule has 1 heterocycles. The zero-order valence-corrected chi connectivity index (χ0v) is 10.2. The predicted molar refractivity (Wildman–Crippen MR) is 64.8 cm³/mol. The molecule has 0 saturated heterocycles. The molecule has 1 aromatic heterocycles. The second-order valence-electron chi connectivity index (χ2n) is 3.38. The highest BCUT2D eigenvalue weighted by Crippen LogP contribution is 2.31. The summed E-state index contributed by atoms with van der Waals surface area (Å²) in [5, 5.41) is 0.153. The van der Waals surface area contributed by atoms with Crippen molar-refractivity contribution in [2.45, 2.75) is 6.92 Å². The third kappa shape index (κ3) is 2.65. The number of rotatable bonds is 3. The molecule has 0 radical (unpaired) electrons. The van der Waals surface area contributed by atoms with E-state index < -0.39 is 0 Å². The average molecular weight is 251 g/mol. The van der Waals surface area contributed by atoms with Gasteiger partial charge in [0.2, 0.25) is 11.2 Å². The number of benzene rings is 1. The Hall–Kier alpha value is -1.81. The number of nitrogens with zero attached hydrogens (tertiary/aromatic N) is 2. The van der Waals surface area contributed by atoms with Gasteiger partial charge < -0.3 is 9.47 Å². The molecular formula is C12H11ClN2O2. The predicted octanol–water partition coefficient (Wildman–Crippen LogP) is 3.24. The topological polar surface area (TPSA) is 44.2 Å². The second kappa shape index (κ2) is 5.01. The smallest absolute Gasteiger partial charge is 0.226 e. The van der Waals surface area contributed by atoms with Gasteiger partial charge in [-0.05, 0) is 30.7 Å². The Kier molecular flexibility index (Phi) is 3.44. The maximum Gasteiger partial charge on any atom is 0.226 e. The lowest BCUT2D eigenvalue weighted by Crippen LogP contribution is -1.95. The highest BCUT2D eigenvalue weighted by atomic mass is 35.5. The standard InChI is InChI=1S/C12H11ClN2O2/c1-8-7-14-12(13)15-11(8)17-10-6-4-3-5-9(10)16-2/h3-7H,1-2H3. The Balaban J connectivity index is 2.34. The van der Waals surface area contributed by atoms with Crippen molar-refractivity contribution >= 4 is 11.6 Å². The molecule has 0 saturated carbocycles. The molecule has 88 valence electrons. The number of methoxy groups -OCH3 is 1. The molecule has 2 rings (SSSR count). The van der Waals surface area contributed by atoms with Crippen LogP contribution < -0.4 is 9.47 Å². The summed E-state index contributed by atoms with van der Waals surface area (Å²) >= 11 is 5.72. The first kappa shape index (κ1) is 11.7. The van der Waals surface area contributed by atoms with E-state index in [1.165, 1.54) is 0 Å². The van der Waals surface area contributed by atoms with Crippen LogP contribution in [0.25, 0.3) is 0 Å². The maximum atomic E-state index is 5.72. The third-order valence-corrected chi connectivity index (χ3v) is 2.35. The fraction of sp³-hybridized carbons (Fsp3) is 0.167. The van der Waals surface area contributed by atoms with Crippen molar-refractivity contribution < 1.29 is 9.47 Å². The minimum absolute atomic E-state index is 0.153. The SMILES string of the molecule is COc1ccccc1Oc1nc(Cl)ncc1C. The molecule has 0 unspecified atom stereocenters. The normalized spacial score (nSPS) is 10.1. The summed E-state index contributed by atoms with van der Waals surface area (Å²) in [6, 6.07) is 7.34. The molecule has 0 fully saturated rings. The van der Waals surface area contributed by atoms with Crippen LogP contribution in [-0.4, -0.2) is 17.1 Å². The number of hydrogen-bond donors (Lipinski definition) is 0. The fourth-order valence-corrected chi connectivity index (χ4v) is 1.44. The highest BCUT2D eigenvalue weighted by Gasteiger charge is 2.08. The van der Waals surface area contributed by atoms with Gasteiger partial charge in [-0.1, -0.05) is 12.1 Å². The van der Waals surface area contributed by atoms with Gasteiger partial charge in [0.1, 0.15) is 0 Å². The van der Waals surface area contributed by atoms with E-state index in [-0.39, 0.29) is 5.28 Å². The van der Waals surface area contributed by atoms with E-state index in [2.05, 4.69) is 9.97 Å². The van der Waals surface area contributed by atoms with Gasteiger partial charge in [-0.25, -0.2) is 4.98 Å². The van der Waals surface area contributed by atoms with E-state index in [1.54, 1.807) is 19.4 Å². The van der Waals surface area contributed by atoms with Crippen LogP contribution in [0.4, 0.5) is 0 Å². The van der Waals surface area contributed by atoms with Crippen LogP contribution in [-0.2, 0) is 0 Å².